The van der Waals surface area contributed by atoms with E-state index in [1.807, 2.05) is 32.0 Å². The molecule has 0 aliphatic rings. The number of aliphatic hydroxyl groups is 1. The fourth-order valence-electron chi connectivity index (χ4n) is 2.77. The summed E-state index contributed by atoms with van der Waals surface area (Å²) >= 11 is 0. The zero-order valence-electron chi connectivity index (χ0n) is 14.5. The number of H-pyrrole nitrogens is 1. The first kappa shape index (κ1) is 17.6. The first-order valence-corrected chi connectivity index (χ1v) is 8.15. The SMILES string of the molecule is Cc1cc(C)cc(C(CO)NC(=O)c2cccc(Nc3nn[nH]n3)c2)c1. The van der Waals surface area contributed by atoms with Gasteiger partial charge in [0.15, 0.2) is 0 Å². The minimum atomic E-state index is -0.477. The number of carbonyl (C=O) groups is 1. The molecule has 4 N–H and O–H groups in total. The van der Waals surface area contributed by atoms with Gasteiger partial charge in [-0.05, 0) is 42.8 Å². The van der Waals surface area contributed by atoms with Crippen LogP contribution in [0.1, 0.15) is 33.1 Å². The molecule has 0 spiro atoms. The molecule has 3 rings (SSSR count). The summed E-state index contributed by atoms with van der Waals surface area (Å²) in [6.45, 7) is 3.79. The Kier molecular flexibility index (Phi) is 5.23. The molecule has 0 radical (unpaired) electrons. The second kappa shape index (κ2) is 7.75. The average molecular weight is 352 g/mol. The quantitative estimate of drug-likeness (QED) is 0.539. The van der Waals surface area contributed by atoms with Crippen molar-refractivity contribution in [3.8, 4) is 0 Å². The number of aryl methyl sites for hydroxylation is 2. The number of hydrogen-bond donors (Lipinski definition) is 4. The second-order valence-electron chi connectivity index (χ2n) is 6.07. The third-order valence-corrected chi connectivity index (χ3v) is 3.86. The summed E-state index contributed by atoms with van der Waals surface area (Å²) in [4.78, 5) is 12.6. The minimum absolute atomic E-state index is 0.185. The Labute approximate surface area is 150 Å². The average Bonchev–Trinajstić information content (AvgIpc) is 3.11. The van der Waals surface area contributed by atoms with E-state index < -0.39 is 6.04 Å². The number of nitrogens with zero attached hydrogens (tertiary/aromatic N) is 3. The Hall–Kier alpha value is -3.26. The lowest BCUT2D eigenvalue weighted by molar-refractivity contribution is 0.0916. The van der Waals surface area contributed by atoms with E-state index in [0.717, 1.165) is 16.7 Å². The van der Waals surface area contributed by atoms with Crippen LogP contribution >= 0.6 is 0 Å². The molecule has 0 saturated heterocycles. The summed E-state index contributed by atoms with van der Waals surface area (Å²) in [6.07, 6.45) is 0. The van der Waals surface area contributed by atoms with Gasteiger partial charge in [0.25, 0.3) is 11.9 Å². The number of aromatic nitrogens is 4. The molecule has 0 bridgehead atoms. The van der Waals surface area contributed by atoms with Crippen molar-refractivity contribution in [2.75, 3.05) is 11.9 Å². The minimum Gasteiger partial charge on any atom is -0.394 e. The summed E-state index contributed by atoms with van der Waals surface area (Å²) in [7, 11) is 0. The number of amides is 1. The van der Waals surface area contributed by atoms with Crippen LogP contribution in [0, 0.1) is 13.8 Å². The van der Waals surface area contributed by atoms with Gasteiger partial charge in [-0.1, -0.05) is 40.5 Å². The zero-order chi connectivity index (χ0) is 18.5. The zero-order valence-corrected chi connectivity index (χ0v) is 14.5. The van der Waals surface area contributed by atoms with Crippen molar-refractivity contribution < 1.29 is 9.90 Å². The van der Waals surface area contributed by atoms with E-state index in [-0.39, 0.29) is 12.5 Å². The van der Waals surface area contributed by atoms with E-state index in [9.17, 15) is 9.90 Å². The lowest BCUT2D eigenvalue weighted by Gasteiger charge is -2.18. The highest BCUT2D eigenvalue weighted by Gasteiger charge is 2.16. The smallest absolute Gasteiger partial charge is 0.267 e. The van der Waals surface area contributed by atoms with E-state index in [4.69, 9.17) is 0 Å². The highest BCUT2D eigenvalue weighted by Crippen LogP contribution is 2.19. The lowest BCUT2D eigenvalue weighted by atomic mass is 10.0. The number of nitrogens with one attached hydrogen (secondary N) is 3. The third kappa shape index (κ3) is 4.22. The summed E-state index contributed by atoms with van der Waals surface area (Å²) in [5.74, 6) is 0.0333. The molecule has 2 aromatic carbocycles. The van der Waals surface area contributed by atoms with E-state index in [1.54, 1.807) is 24.3 Å². The maximum Gasteiger partial charge on any atom is 0.267 e. The maximum absolute atomic E-state index is 12.6. The van der Waals surface area contributed by atoms with Crippen LogP contribution in [0.25, 0.3) is 0 Å². The lowest BCUT2D eigenvalue weighted by Crippen LogP contribution is -2.30. The van der Waals surface area contributed by atoms with Crippen LogP contribution < -0.4 is 10.6 Å². The van der Waals surface area contributed by atoms with Gasteiger partial charge in [-0.25, -0.2) is 0 Å². The number of tetrazole rings is 1. The Morgan fingerprint density at radius 1 is 1.19 bits per heavy atom. The van der Waals surface area contributed by atoms with Crippen molar-refractivity contribution in [2.24, 2.45) is 0 Å². The van der Waals surface area contributed by atoms with Crippen molar-refractivity contribution in [3.05, 3.63) is 64.7 Å². The number of hydrogen-bond acceptors (Lipinski definition) is 6. The van der Waals surface area contributed by atoms with E-state index in [0.29, 0.717) is 17.2 Å². The topological polar surface area (TPSA) is 116 Å². The molecule has 1 aromatic heterocycles. The van der Waals surface area contributed by atoms with Crippen LogP contribution in [0.2, 0.25) is 0 Å². The molecule has 8 heteroatoms. The largest absolute Gasteiger partial charge is 0.394 e. The van der Waals surface area contributed by atoms with Gasteiger partial charge in [0.05, 0.1) is 12.6 Å². The van der Waals surface area contributed by atoms with Crippen LogP contribution in [0.5, 0.6) is 0 Å². The van der Waals surface area contributed by atoms with Crippen LogP contribution in [-0.4, -0.2) is 38.2 Å². The molecule has 1 amide bonds. The molecular formula is C18H20N6O2. The standard InChI is InChI=1S/C18H20N6O2/c1-11-6-12(2)8-14(7-11)16(10-25)20-17(26)13-4-3-5-15(9-13)19-18-21-23-24-22-18/h3-9,16,25H,10H2,1-2H3,(H,20,26)(H2,19,21,22,23,24). The molecule has 3 aromatic rings. The molecule has 0 aliphatic heterocycles. The van der Waals surface area contributed by atoms with Crippen molar-refractivity contribution >= 4 is 17.5 Å². The van der Waals surface area contributed by atoms with Gasteiger partial charge in [0, 0.05) is 11.3 Å². The Morgan fingerprint density at radius 3 is 2.62 bits per heavy atom. The predicted octanol–water partition coefficient (Wildman–Crippen LogP) is 2.02. The van der Waals surface area contributed by atoms with Gasteiger partial charge in [-0.15, -0.1) is 5.10 Å². The van der Waals surface area contributed by atoms with Gasteiger partial charge in [-0.3, -0.25) is 4.79 Å². The highest BCUT2D eigenvalue weighted by atomic mass is 16.3. The monoisotopic (exact) mass is 352 g/mol. The van der Waals surface area contributed by atoms with Crippen LogP contribution in [-0.2, 0) is 0 Å². The first-order valence-electron chi connectivity index (χ1n) is 8.15. The molecular weight excluding hydrogens is 332 g/mol. The van der Waals surface area contributed by atoms with Crippen LogP contribution in [0.4, 0.5) is 11.6 Å². The Balaban J connectivity index is 1.75. The normalized spacial score (nSPS) is 11.8. The number of aromatic amines is 1. The fraction of sp³-hybridized carbons (Fsp3) is 0.222. The number of rotatable bonds is 6. The van der Waals surface area contributed by atoms with Crippen LogP contribution in [0.3, 0.4) is 0 Å². The molecule has 0 fully saturated rings. The number of benzene rings is 2. The van der Waals surface area contributed by atoms with Gasteiger partial charge in [0.1, 0.15) is 0 Å². The Morgan fingerprint density at radius 2 is 1.96 bits per heavy atom. The molecule has 1 heterocycles. The van der Waals surface area contributed by atoms with Gasteiger partial charge < -0.3 is 15.7 Å². The van der Waals surface area contributed by atoms with Gasteiger partial charge in [0.2, 0.25) is 0 Å². The van der Waals surface area contributed by atoms with Gasteiger partial charge >= 0.3 is 0 Å². The number of carbonyl (C=O) groups excluding carboxylic acids is 1. The molecule has 0 saturated carbocycles. The van der Waals surface area contributed by atoms with Crippen molar-refractivity contribution in [1.82, 2.24) is 25.9 Å². The summed E-state index contributed by atoms with van der Waals surface area (Å²) in [6, 6.07) is 12.4. The molecule has 0 aliphatic carbocycles. The maximum atomic E-state index is 12.6. The molecule has 134 valence electrons. The first-order chi connectivity index (χ1) is 12.5. The molecule has 1 atom stereocenters. The summed E-state index contributed by atoms with van der Waals surface area (Å²) < 4.78 is 0. The summed E-state index contributed by atoms with van der Waals surface area (Å²) in [5.41, 5.74) is 4.16. The van der Waals surface area contributed by atoms with E-state index >= 15 is 0 Å². The van der Waals surface area contributed by atoms with Crippen molar-refractivity contribution in [2.45, 2.75) is 19.9 Å². The molecule has 8 nitrogen and oxygen atoms in total. The van der Waals surface area contributed by atoms with Crippen molar-refractivity contribution in [3.63, 3.8) is 0 Å². The van der Waals surface area contributed by atoms with E-state index in [2.05, 4.69) is 31.3 Å². The molecule has 1 unspecified atom stereocenters. The highest BCUT2D eigenvalue weighted by molar-refractivity contribution is 5.95. The Bertz CT molecular complexity index is 874. The second-order valence-corrected chi connectivity index (χ2v) is 6.07. The summed E-state index contributed by atoms with van der Waals surface area (Å²) in [5, 5.41) is 29.0. The van der Waals surface area contributed by atoms with Crippen molar-refractivity contribution in [1.29, 1.82) is 0 Å². The number of anilines is 2. The van der Waals surface area contributed by atoms with Gasteiger partial charge in [-0.2, -0.15) is 5.21 Å². The van der Waals surface area contributed by atoms with E-state index in [1.165, 1.54) is 0 Å². The number of aliphatic hydroxyl groups excluding tert-OH is 1. The van der Waals surface area contributed by atoms with Crippen LogP contribution in [0.15, 0.2) is 42.5 Å². The fourth-order valence-corrected chi connectivity index (χ4v) is 2.77. The molecule has 26 heavy (non-hydrogen) atoms. The predicted molar refractivity (Wildman–Crippen MR) is 97.1 cm³/mol. The third-order valence-electron chi connectivity index (χ3n) is 3.86.